The molecule has 5 heterocycles. The van der Waals surface area contributed by atoms with Crippen molar-refractivity contribution in [1.29, 1.82) is 0 Å². The molecule has 8 rings (SSSR count). The van der Waals surface area contributed by atoms with Crippen LogP contribution in [0.15, 0.2) is 42.6 Å². The Morgan fingerprint density at radius 2 is 1.80 bits per heavy atom. The van der Waals surface area contributed by atoms with Crippen molar-refractivity contribution in [2.75, 3.05) is 20.2 Å². The van der Waals surface area contributed by atoms with Gasteiger partial charge in [0.1, 0.15) is 47.2 Å². The van der Waals surface area contributed by atoms with E-state index in [-0.39, 0.29) is 51.1 Å². The summed E-state index contributed by atoms with van der Waals surface area (Å²) in [5.74, 6) is -2.45. The Morgan fingerprint density at radius 3 is 2.44 bits per heavy atom. The van der Waals surface area contributed by atoms with Crippen LogP contribution < -0.4 is 24.8 Å². The topological polar surface area (TPSA) is 229 Å². The van der Waals surface area contributed by atoms with Crippen molar-refractivity contribution in [3.63, 3.8) is 0 Å². The molecule has 1 unspecified atom stereocenters. The van der Waals surface area contributed by atoms with Gasteiger partial charge in [0.25, 0.3) is 5.91 Å². The quantitative estimate of drug-likeness (QED) is 0.194. The molecule has 1 aromatic carbocycles. The molecule has 2 aromatic rings. The molecule has 4 saturated heterocycles. The van der Waals surface area contributed by atoms with E-state index in [1.54, 1.807) is 58.3 Å². The second-order valence-corrected chi connectivity index (χ2v) is 18.9. The van der Waals surface area contributed by atoms with E-state index in [9.17, 15) is 37.2 Å². The zero-order valence-corrected chi connectivity index (χ0v) is 34.3. The first kappa shape index (κ1) is 41.7. The maximum Gasteiger partial charge on any atom is 0.408 e. The monoisotopic (exact) mass is 838 g/mol. The first-order chi connectivity index (χ1) is 27.8. The summed E-state index contributed by atoms with van der Waals surface area (Å²) in [6.07, 6.45) is 0.722. The van der Waals surface area contributed by atoms with Gasteiger partial charge in [-0.25, -0.2) is 23.0 Å². The number of ether oxygens (including phenoxy) is 4. The molecule has 4 aliphatic heterocycles. The van der Waals surface area contributed by atoms with E-state index in [4.69, 9.17) is 18.9 Å². The maximum absolute atomic E-state index is 14.7. The zero-order valence-electron chi connectivity index (χ0n) is 33.5. The summed E-state index contributed by atoms with van der Waals surface area (Å²) in [6, 6.07) is 3.68. The fourth-order valence-electron chi connectivity index (χ4n) is 8.11. The molecule has 318 valence electrons. The normalized spacial score (nSPS) is 24.1. The van der Waals surface area contributed by atoms with E-state index in [0.717, 1.165) is 5.39 Å². The number of carbonyl (C=O) groups is 6. The van der Waals surface area contributed by atoms with Crippen molar-refractivity contribution in [3.05, 3.63) is 42.6 Å². The minimum Gasteiger partial charge on any atom is -0.497 e. The number of sulfonamides is 1. The number of rotatable bonds is 13. The predicted molar refractivity (Wildman–Crippen MR) is 209 cm³/mol. The minimum atomic E-state index is -3.96. The second-order valence-electron chi connectivity index (χ2n) is 17.0. The van der Waals surface area contributed by atoms with E-state index in [1.807, 2.05) is 0 Å². The van der Waals surface area contributed by atoms with Crippen molar-refractivity contribution in [3.8, 4) is 11.6 Å². The van der Waals surface area contributed by atoms with Crippen LogP contribution >= 0.6 is 0 Å². The van der Waals surface area contributed by atoms with E-state index < -0.39 is 92.4 Å². The smallest absolute Gasteiger partial charge is 0.408 e. The summed E-state index contributed by atoms with van der Waals surface area (Å²) in [7, 11) is -2.42. The van der Waals surface area contributed by atoms with Crippen molar-refractivity contribution in [1.82, 2.24) is 30.1 Å². The van der Waals surface area contributed by atoms with Gasteiger partial charge >= 0.3 is 12.1 Å². The van der Waals surface area contributed by atoms with Crippen molar-refractivity contribution < 1.29 is 56.1 Å². The van der Waals surface area contributed by atoms with Gasteiger partial charge in [-0.2, -0.15) is 0 Å². The number of benzene rings is 1. The van der Waals surface area contributed by atoms with Gasteiger partial charge in [0.2, 0.25) is 33.6 Å². The van der Waals surface area contributed by atoms with Crippen molar-refractivity contribution >= 4 is 56.5 Å². The number of amides is 5. The minimum absolute atomic E-state index is 0.0222. The number of piperidine rings is 1. The Kier molecular flexibility index (Phi) is 11.3. The molecule has 6 fully saturated rings. The standard InChI is InChI=1S/C40H50N6O12S/c1-22-18-40(19-22,37(51)44-59(53,54)27-8-9-27)43-33(48)31-17-26(56-34-28-10-6-24(55-5)16-23(28)14-15-41-34)21-46(31)35(49)29(42-38(52)58-39(2,3)4)11-13-32(47)45-20-25-7-12-30(45)36(50)57-25/h6,10,14-16,25-27,29-31H,1,7-9,11-13,17-21H2,2-5H3,(H,42,52)(H,43,48)(H,44,51)/t25-,26?,29-,30-,31-/m0/s1. The maximum atomic E-state index is 14.7. The lowest BCUT2D eigenvalue weighted by Gasteiger charge is -2.43. The number of alkyl carbamates (subject to hydrolysis) is 1. The molecule has 5 atom stereocenters. The molecule has 2 saturated carbocycles. The number of methoxy groups -OCH3 is 1. The van der Waals surface area contributed by atoms with Crippen LogP contribution in [0.1, 0.15) is 78.6 Å². The van der Waals surface area contributed by atoms with Gasteiger partial charge < -0.3 is 39.4 Å². The molecule has 59 heavy (non-hydrogen) atoms. The third-order valence-electron chi connectivity index (χ3n) is 11.2. The lowest BCUT2D eigenvalue weighted by atomic mass is 9.72. The number of esters is 1. The summed E-state index contributed by atoms with van der Waals surface area (Å²) in [6.45, 7) is 8.89. The molecule has 0 spiro atoms. The molecule has 5 amide bonds. The van der Waals surface area contributed by atoms with E-state index in [2.05, 4.69) is 26.9 Å². The molecule has 2 aliphatic carbocycles. The molecule has 6 aliphatic rings. The van der Waals surface area contributed by atoms with Crippen LogP contribution in [-0.2, 0) is 43.5 Å². The Hall–Kier alpha value is -5.46. The van der Waals surface area contributed by atoms with Gasteiger partial charge in [-0.1, -0.05) is 12.2 Å². The third-order valence-corrected chi connectivity index (χ3v) is 13.0. The molecule has 3 N–H and O–H groups in total. The van der Waals surface area contributed by atoms with Crippen LogP contribution in [-0.4, -0.2) is 126 Å². The number of carbonyl (C=O) groups excluding carboxylic acids is 6. The highest BCUT2D eigenvalue weighted by molar-refractivity contribution is 7.91. The van der Waals surface area contributed by atoms with Gasteiger partial charge in [0, 0.05) is 37.3 Å². The number of pyridine rings is 1. The second kappa shape index (κ2) is 16.0. The van der Waals surface area contributed by atoms with Gasteiger partial charge in [-0.05, 0) is 82.5 Å². The Labute approximate surface area is 341 Å². The average Bonchev–Trinajstić information content (AvgIpc) is 3.95. The van der Waals surface area contributed by atoms with E-state index in [0.29, 0.717) is 42.4 Å². The Balaban J connectivity index is 1.16. The Morgan fingerprint density at radius 1 is 1.05 bits per heavy atom. The van der Waals surface area contributed by atoms with Gasteiger partial charge in [0.15, 0.2) is 0 Å². The summed E-state index contributed by atoms with van der Waals surface area (Å²) in [5, 5.41) is 6.05. The van der Waals surface area contributed by atoms with Crippen LogP contribution in [0.2, 0.25) is 0 Å². The van der Waals surface area contributed by atoms with Crippen LogP contribution in [0.3, 0.4) is 0 Å². The first-order valence-corrected chi connectivity index (χ1v) is 21.3. The molecule has 19 heteroatoms. The predicted octanol–water partition coefficient (Wildman–Crippen LogP) is 2.00. The van der Waals surface area contributed by atoms with E-state index >= 15 is 0 Å². The lowest BCUT2D eigenvalue weighted by molar-refractivity contribution is -0.181. The van der Waals surface area contributed by atoms with E-state index in [1.165, 1.54) is 9.80 Å². The molecular weight excluding hydrogens is 789 g/mol. The number of hydrogen-bond donors (Lipinski definition) is 3. The summed E-state index contributed by atoms with van der Waals surface area (Å²) in [4.78, 5) is 89.0. The fraction of sp³-hybridized carbons (Fsp3) is 0.575. The van der Waals surface area contributed by atoms with Crippen molar-refractivity contribution in [2.45, 2.75) is 125 Å². The number of hydrogen-bond acceptors (Lipinski definition) is 13. The largest absolute Gasteiger partial charge is 0.497 e. The number of nitrogens with one attached hydrogen (secondary N) is 3. The number of likely N-dealkylation sites (tertiary alicyclic amines) is 1. The van der Waals surface area contributed by atoms with Crippen molar-refractivity contribution in [2.24, 2.45) is 0 Å². The molecule has 0 radical (unpaired) electrons. The highest BCUT2D eigenvalue weighted by Gasteiger charge is 2.53. The SMILES string of the molecule is C=C1CC(NC(=O)[C@@H]2CC(Oc3nccc4cc(OC)ccc34)CN2C(=O)[C@H](CCC(=O)N2C[C@@H]3CC[C@H]2C(=O)O3)NC(=O)OC(C)(C)C)(C(=O)NS(=O)(=O)C2CC2)C1. The van der Waals surface area contributed by atoms with Crippen LogP contribution in [0.25, 0.3) is 10.8 Å². The lowest BCUT2D eigenvalue weighted by Crippen LogP contribution is -2.66. The van der Waals surface area contributed by atoms with Gasteiger partial charge in [-0.15, -0.1) is 0 Å². The summed E-state index contributed by atoms with van der Waals surface area (Å²) in [5.41, 5.74) is -1.97. The first-order valence-electron chi connectivity index (χ1n) is 19.8. The highest BCUT2D eigenvalue weighted by Crippen LogP contribution is 2.39. The zero-order chi connectivity index (χ0) is 42.4. The van der Waals surface area contributed by atoms with Crippen LogP contribution in [0.5, 0.6) is 11.6 Å². The Bertz CT molecular complexity index is 2180. The highest BCUT2D eigenvalue weighted by atomic mass is 32.2. The number of fused-ring (bicyclic) bond motifs is 4. The summed E-state index contributed by atoms with van der Waals surface area (Å²) >= 11 is 0. The average molecular weight is 839 g/mol. The van der Waals surface area contributed by atoms with Gasteiger partial charge in [-0.3, -0.25) is 23.9 Å². The van der Waals surface area contributed by atoms with Gasteiger partial charge in [0.05, 0.1) is 25.4 Å². The molecule has 1 aromatic heterocycles. The number of aromatic nitrogens is 1. The number of nitrogens with zero attached hydrogens (tertiary/aromatic N) is 3. The summed E-state index contributed by atoms with van der Waals surface area (Å²) < 4.78 is 50.2. The van der Waals surface area contributed by atoms with Crippen LogP contribution in [0, 0.1) is 0 Å². The molecule has 18 nitrogen and oxygen atoms in total. The van der Waals surface area contributed by atoms with Crippen LogP contribution in [0.4, 0.5) is 4.79 Å². The molecular formula is C40H50N6O12S. The third kappa shape index (κ3) is 9.08. The molecule has 2 bridgehead atoms. The number of morpholine rings is 1. The fourth-order valence-corrected chi connectivity index (χ4v) is 9.49.